The molecule has 0 bridgehead atoms. The second-order valence-electron chi connectivity index (χ2n) is 9.30. The van der Waals surface area contributed by atoms with E-state index in [-0.39, 0.29) is 0 Å². The van der Waals surface area contributed by atoms with Gasteiger partial charge in [0.2, 0.25) is 0 Å². The highest BCUT2D eigenvalue weighted by Gasteiger charge is 2.21. The SMILES string of the molecule is CCCCCCCCc1ccc2c(c1)Sc1cc(CCCCCCCC)ccc1N2C. The average Bonchev–Trinajstić information content (AvgIpc) is 2.78. The average molecular weight is 438 g/mol. The lowest BCUT2D eigenvalue weighted by molar-refractivity contribution is 0.607. The molecule has 0 atom stereocenters. The van der Waals surface area contributed by atoms with Gasteiger partial charge in [-0.2, -0.15) is 0 Å². The monoisotopic (exact) mass is 437 g/mol. The first kappa shape index (κ1) is 24.2. The standard InChI is InChI=1S/C29H43NS/c1-4-6-8-10-12-14-16-24-18-20-26-28(22-24)31-29-23-25(19-21-27(29)30(26)3)17-15-13-11-9-7-5-2/h18-23H,4-17H2,1-3H3. The zero-order valence-electron chi connectivity index (χ0n) is 20.2. The molecule has 0 spiro atoms. The van der Waals surface area contributed by atoms with Gasteiger partial charge in [0.15, 0.2) is 0 Å². The molecule has 0 amide bonds. The molecule has 0 saturated carbocycles. The fraction of sp³-hybridized carbons (Fsp3) is 0.586. The topological polar surface area (TPSA) is 3.24 Å². The van der Waals surface area contributed by atoms with Gasteiger partial charge in [0.05, 0.1) is 11.4 Å². The summed E-state index contributed by atoms with van der Waals surface area (Å²) < 4.78 is 0. The van der Waals surface area contributed by atoms with Gasteiger partial charge in [-0.1, -0.05) is 102 Å². The molecule has 3 rings (SSSR count). The lowest BCUT2D eigenvalue weighted by Gasteiger charge is -2.30. The van der Waals surface area contributed by atoms with Gasteiger partial charge in [0.1, 0.15) is 0 Å². The van der Waals surface area contributed by atoms with Crippen molar-refractivity contribution >= 4 is 23.1 Å². The van der Waals surface area contributed by atoms with Crippen molar-refractivity contribution in [3.63, 3.8) is 0 Å². The summed E-state index contributed by atoms with van der Waals surface area (Å²) in [6.07, 6.45) is 18.9. The molecule has 31 heavy (non-hydrogen) atoms. The maximum Gasteiger partial charge on any atom is 0.0550 e. The van der Waals surface area contributed by atoms with Gasteiger partial charge in [-0.15, -0.1) is 0 Å². The van der Waals surface area contributed by atoms with Crippen LogP contribution in [-0.4, -0.2) is 7.05 Å². The normalized spacial score (nSPS) is 12.7. The molecule has 0 radical (unpaired) electrons. The highest BCUT2D eigenvalue weighted by molar-refractivity contribution is 7.99. The van der Waals surface area contributed by atoms with Crippen molar-refractivity contribution in [2.75, 3.05) is 11.9 Å². The lowest BCUT2D eigenvalue weighted by atomic mass is 10.0. The molecule has 2 aromatic carbocycles. The largest absolute Gasteiger partial charge is 0.343 e. The van der Waals surface area contributed by atoms with Crippen molar-refractivity contribution in [3.8, 4) is 0 Å². The fourth-order valence-electron chi connectivity index (χ4n) is 4.61. The Labute approximate surface area is 196 Å². The molecule has 0 aliphatic carbocycles. The van der Waals surface area contributed by atoms with E-state index in [9.17, 15) is 0 Å². The first-order chi connectivity index (χ1) is 15.2. The number of benzene rings is 2. The van der Waals surface area contributed by atoms with Crippen LogP contribution in [0.2, 0.25) is 0 Å². The van der Waals surface area contributed by atoms with E-state index in [0.717, 1.165) is 0 Å². The molecule has 2 aromatic rings. The van der Waals surface area contributed by atoms with E-state index in [0.29, 0.717) is 0 Å². The molecule has 1 aliphatic rings. The van der Waals surface area contributed by atoms with E-state index >= 15 is 0 Å². The van der Waals surface area contributed by atoms with Crippen molar-refractivity contribution in [2.24, 2.45) is 0 Å². The van der Waals surface area contributed by atoms with E-state index in [1.807, 2.05) is 11.8 Å². The van der Waals surface area contributed by atoms with E-state index in [2.05, 4.69) is 62.2 Å². The van der Waals surface area contributed by atoms with Gasteiger partial charge < -0.3 is 4.90 Å². The van der Waals surface area contributed by atoms with E-state index in [1.54, 1.807) is 0 Å². The van der Waals surface area contributed by atoms with Crippen molar-refractivity contribution in [3.05, 3.63) is 47.5 Å². The van der Waals surface area contributed by atoms with Crippen LogP contribution in [0, 0.1) is 0 Å². The Balaban J connectivity index is 1.55. The van der Waals surface area contributed by atoms with Gasteiger partial charge >= 0.3 is 0 Å². The Morgan fingerprint density at radius 3 is 1.45 bits per heavy atom. The van der Waals surface area contributed by atoms with Gasteiger partial charge in [0.25, 0.3) is 0 Å². The summed E-state index contributed by atoms with van der Waals surface area (Å²) in [5.41, 5.74) is 5.71. The summed E-state index contributed by atoms with van der Waals surface area (Å²) in [5.74, 6) is 0. The highest BCUT2D eigenvalue weighted by Crippen LogP contribution is 2.48. The highest BCUT2D eigenvalue weighted by atomic mass is 32.2. The van der Waals surface area contributed by atoms with E-state index < -0.39 is 0 Å². The van der Waals surface area contributed by atoms with Crippen LogP contribution in [0.5, 0.6) is 0 Å². The third-order valence-electron chi connectivity index (χ3n) is 6.63. The Bertz CT molecular complexity index is 732. The van der Waals surface area contributed by atoms with Crippen LogP contribution in [0.15, 0.2) is 46.2 Å². The smallest absolute Gasteiger partial charge is 0.0550 e. The molecule has 0 unspecified atom stereocenters. The summed E-state index contributed by atoms with van der Waals surface area (Å²) in [5, 5.41) is 0. The zero-order valence-corrected chi connectivity index (χ0v) is 21.0. The Kier molecular flexibility index (Phi) is 10.3. The number of anilines is 2. The van der Waals surface area contributed by atoms with E-state index in [1.165, 1.54) is 122 Å². The molecular formula is C29H43NS. The van der Waals surface area contributed by atoms with Crippen molar-refractivity contribution in [2.45, 2.75) is 114 Å². The molecule has 1 heterocycles. The number of nitrogens with zero attached hydrogens (tertiary/aromatic N) is 1. The van der Waals surface area contributed by atoms with Crippen LogP contribution in [0.3, 0.4) is 0 Å². The number of unbranched alkanes of at least 4 members (excludes halogenated alkanes) is 10. The zero-order chi connectivity index (χ0) is 21.9. The van der Waals surface area contributed by atoms with Gasteiger partial charge in [-0.25, -0.2) is 0 Å². The van der Waals surface area contributed by atoms with Crippen LogP contribution in [-0.2, 0) is 12.8 Å². The molecule has 0 N–H and O–H groups in total. The van der Waals surface area contributed by atoms with Crippen molar-refractivity contribution in [1.29, 1.82) is 0 Å². The first-order valence-electron chi connectivity index (χ1n) is 12.9. The number of hydrogen-bond acceptors (Lipinski definition) is 2. The summed E-state index contributed by atoms with van der Waals surface area (Å²) >= 11 is 1.97. The maximum absolute atomic E-state index is 2.45. The fourth-order valence-corrected chi connectivity index (χ4v) is 5.89. The molecule has 0 fully saturated rings. The minimum Gasteiger partial charge on any atom is -0.343 e. The molecule has 2 heteroatoms. The van der Waals surface area contributed by atoms with E-state index in [4.69, 9.17) is 0 Å². The second kappa shape index (κ2) is 13.2. The van der Waals surface area contributed by atoms with Crippen LogP contribution in [0.4, 0.5) is 11.4 Å². The Morgan fingerprint density at radius 2 is 1.00 bits per heavy atom. The molecule has 1 aliphatic heterocycles. The van der Waals surface area contributed by atoms with Gasteiger partial charge in [-0.3, -0.25) is 0 Å². The predicted octanol–water partition coefficient (Wildman–Crippen LogP) is 9.73. The predicted molar refractivity (Wildman–Crippen MR) is 139 cm³/mol. The first-order valence-corrected chi connectivity index (χ1v) is 13.7. The number of aryl methyl sites for hydroxylation is 2. The minimum absolute atomic E-state index is 1.22. The molecule has 0 saturated heterocycles. The maximum atomic E-state index is 2.45. The summed E-state index contributed by atoms with van der Waals surface area (Å²) in [6.45, 7) is 4.58. The third-order valence-corrected chi connectivity index (χ3v) is 7.72. The summed E-state index contributed by atoms with van der Waals surface area (Å²) in [6, 6.07) is 14.3. The van der Waals surface area contributed by atoms with Gasteiger partial charge in [0, 0.05) is 16.8 Å². The quantitative estimate of drug-likeness (QED) is 0.270. The Morgan fingerprint density at radius 1 is 0.581 bits per heavy atom. The second-order valence-corrected chi connectivity index (χ2v) is 10.4. The lowest BCUT2D eigenvalue weighted by Crippen LogP contribution is -2.15. The molecule has 0 aromatic heterocycles. The minimum atomic E-state index is 1.22. The van der Waals surface area contributed by atoms with Crippen LogP contribution in [0.1, 0.15) is 102 Å². The summed E-state index contributed by atoms with van der Waals surface area (Å²) in [7, 11) is 2.22. The third kappa shape index (κ3) is 7.31. The molecular weight excluding hydrogens is 394 g/mol. The van der Waals surface area contributed by atoms with Crippen LogP contribution in [0.25, 0.3) is 0 Å². The van der Waals surface area contributed by atoms with Crippen molar-refractivity contribution < 1.29 is 0 Å². The van der Waals surface area contributed by atoms with Crippen molar-refractivity contribution in [1.82, 2.24) is 0 Å². The van der Waals surface area contributed by atoms with Gasteiger partial charge in [-0.05, 0) is 61.1 Å². The molecule has 1 nitrogen and oxygen atoms in total. The van der Waals surface area contributed by atoms with Crippen LogP contribution >= 0.6 is 11.8 Å². The van der Waals surface area contributed by atoms with Crippen LogP contribution < -0.4 is 4.90 Å². The summed E-state index contributed by atoms with van der Waals surface area (Å²) in [4.78, 5) is 5.23. The number of hydrogen-bond donors (Lipinski definition) is 0. The number of rotatable bonds is 14. The Hall–Kier alpha value is -1.41. The molecule has 170 valence electrons. The number of fused-ring (bicyclic) bond motifs is 2.